The van der Waals surface area contributed by atoms with Gasteiger partial charge in [0, 0.05) is 0 Å². The molecule has 5 nitrogen and oxygen atoms in total. The van der Waals surface area contributed by atoms with Crippen molar-refractivity contribution in [2.24, 2.45) is 0 Å². The molecule has 1 aromatic heterocycles. The number of rotatable bonds is 2. The average Bonchev–Trinajstić information content (AvgIpc) is 2.76. The number of hydrogen-bond donors (Lipinski definition) is 2. The highest BCUT2D eigenvalue weighted by Gasteiger charge is 2.32. The number of benzene rings is 1. The third-order valence-corrected chi connectivity index (χ3v) is 3.79. The van der Waals surface area contributed by atoms with E-state index in [4.69, 9.17) is 0 Å². The minimum Gasteiger partial charge on any atom is -0.345 e. The Morgan fingerprint density at radius 1 is 1.30 bits per heavy atom. The quantitative estimate of drug-likeness (QED) is 0.821. The van der Waals surface area contributed by atoms with Gasteiger partial charge in [0.15, 0.2) is 6.04 Å². The van der Waals surface area contributed by atoms with Crippen molar-refractivity contribution in [2.75, 3.05) is 13.1 Å². The van der Waals surface area contributed by atoms with E-state index >= 15 is 0 Å². The molecule has 3 rings (SSSR count). The van der Waals surface area contributed by atoms with E-state index in [0.29, 0.717) is 0 Å². The first-order valence-corrected chi connectivity index (χ1v) is 6.91. The van der Waals surface area contributed by atoms with Crippen molar-refractivity contribution >= 4 is 5.91 Å². The van der Waals surface area contributed by atoms with Gasteiger partial charge in [0.25, 0.3) is 5.91 Å². The predicted molar refractivity (Wildman–Crippen MR) is 75.6 cm³/mol. The maximum atomic E-state index is 12.1. The predicted octanol–water partition coefficient (Wildman–Crippen LogP) is 0.223. The summed E-state index contributed by atoms with van der Waals surface area (Å²) in [6, 6.07) is 9.83. The van der Waals surface area contributed by atoms with Crippen molar-refractivity contribution in [3.05, 3.63) is 47.3 Å². The number of hydrogen-bond acceptors (Lipinski definition) is 2. The molecule has 0 bridgehead atoms. The Bertz CT molecular complexity index is 633. The molecule has 0 saturated carbocycles. The van der Waals surface area contributed by atoms with Gasteiger partial charge in [0.2, 0.25) is 0 Å². The molecule has 0 aliphatic carbocycles. The first-order chi connectivity index (χ1) is 9.68. The van der Waals surface area contributed by atoms with Gasteiger partial charge in [-0.05, 0) is 26.0 Å². The zero-order valence-electron chi connectivity index (χ0n) is 11.8. The molecular formula is C15H19N4O+. The Labute approximate surface area is 118 Å². The molecule has 0 spiro atoms. The second-order valence-electron chi connectivity index (χ2n) is 5.12. The number of quaternary nitrogens is 1. The van der Waals surface area contributed by atoms with Crippen LogP contribution in [0.15, 0.2) is 30.3 Å². The fourth-order valence-corrected chi connectivity index (χ4v) is 2.84. The summed E-state index contributed by atoms with van der Waals surface area (Å²) in [6.07, 6.45) is 0. The van der Waals surface area contributed by atoms with Crippen LogP contribution in [0.1, 0.15) is 23.0 Å². The molecule has 1 amide bonds. The van der Waals surface area contributed by atoms with Crippen LogP contribution in [0.5, 0.6) is 0 Å². The van der Waals surface area contributed by atoms with Crippen LogP contribution >= 0.6 is 0 Å². The number of amides is 1. The molecule has 20 heavy (non-hydrogen) atoms. The summed E-state index contributed by atoms with van der Waals surface area (Å²) >= 11 is 0. The normalized spacial score (nSPS) is 18.9. The van der Waals surface area contributed by atoms with Gasteiger partial charge in [0.05, 0.1) is 35.7 Å². The highest BCUT2D eigenvalue weighted by molar-refractivity contribution is 5.82. The third kappa shape index (κ3) is 2.10. The summed E-state index contributed by atoms with van der Waals surface area (Å²) in [5, 5.41) is 9.62. The number of carbonyl (C=O) groups excluding carboxylic acids is 1. The summed E-state index contributed by atoms with van der Waals surface area (Å²) in [5.74, 6) is 0.0788. The SMILES string of the molecule is Cc1nn(-c2ccccc2)c(C)c1[C@H]1[NH2+]CCNC1=O. The molecule has 1 atom stereocenters. The van der Waals surface area contributed by atoms with E-state index in [1.807, 2.05) is 48.9 Å². The summed E-state index contributed by atoms with van der Waals surface area (Å²) in [6.45, 7) is 5.64. The van der Waals surface area contributed by atoms with Crippen LogP contribution in [0.25, 0.3) is 5.69 Å². The fraction of sp³-hybridized carbons (Fsp3) is 0.333. The Kier molecular flexibility index (Phi) is 3.28. The van der Waals surface area contributed by atoms with E-state index in [-0.39, 0.29) is 11.9 Å². The van der Waals surface area contributed by atoms with E-state index in [9.17, 15) is 4.79 Å². The van der Waals surface area contributed by atoms with Crippen LogP contribution in [0.3, 0.4) is 0 Å². The molecule has 0 unspecified atom stereocenters. The number of nitrogens with zero attached hydrogens (tertiary/aromatic N) is 2. The Morgan fingerprint density at radius 3 is 2.75 bits per heavy atom. The molecule has 3 N–H and O–H groups in total. The first-order valence-electron chi connectivity index (χ1n) is 6.91. The molecule has 2 heterocycles. The van der Waals surface area contributed by atoms with Crippen LogP contribution in [-0.2, 0) is 4.79 Å². The molecule has 2 aromatic rings. The Morgan fingerprint density at radius 2 is 2.05 bits per heavy atom. The Balaban J connectivity index is 2.05. The molecule has 104 valence electrons. The maximum absolute atomic E-state index is 12.1. The van der Waals surface area contributed by atoms with Gasteiger partial charge in [-0.3, -0.25) is 4.79 Å². The molecule has 1 fully saturated rings. The highest BCUT2D eigenvalue weighted by Crippen LogP contribution is 2.22. The van der Waals surface area contributed by atoms with Crippen LogP contribution < -0.4 is 10.6 Å². The smallest absolute Gasteiger partial charge is 0.283 e. The number of nitrogens with one attached hydrogen (secondary N) is 1. The summed E-state index contributed by atoms with van der Waals surface area (Å²) < 4.78 is 1.92. The van der Waals surface area contributed by atoms with E-state index in [2.05, 4.69) is 15.7 Å². The largest absolute Gasteiger partial charge is 0.345 e. The average molecular weight is 271 g/mol. The minimum atomic E-state index is -0.179. The fourth-order valence-electron chi connectivity index (χ4n) is 2.84. The number of aryl methyl sites for hydroxylation is 1. The van der Waals surface area contributed by atoms with Crippen molar-refractivity contribution < 1.29 is 10.1 Å². The standard InChI is InChI=1S/C15H18N4O/c1-10-13(14-15(20)17-9-8-16-14)11(2)19(18-10)12-6-4-3-5-7-12/h3-7,14,16H,8-9H2,1-2H3,(H,17,20)/p+1/t14-/m1/s1. The number of carbonyl (C=O) groups is 1. The summed E-state index contributed by atoms with van der Waals surface area (Å²) in [4.78, 5) is 12.1. The topological polar surface area (TPSA) is 63.5 Å². The van der Waals surface area contributed by atoms with Crippen LogP contribution in [-0.4, -0.2) is 28.8 Å². The van der Waals surface area contributed by atoms with E-state index < -0.39 is 0 Å². The lowest BCUT2D eigenvalue weighted by molar-refractivity contribution is -0.685. The number of piperazine rings is 1. The monoisotopic (exact) mass is 271 g/mol. The molecule has 1 aliphatic heterocycles. The van der Waals surface area contributed by atoms with Crippen LogP contribution in [0.4, 0.5) is 0 Å². The molecule has 1 aromatic carbocycles. The lowest BCUT2D eigenvalue weighted by atomic mass is 10.0. The zero-order valence-corrected chi connectivity index (χ0v) is 11.8. The van der Waals surface area contributed by atoms with Crippen molar-refractivity contribution in [1.82, 2.24) is 15.1 Å². The second kappa shape index (κ2) is 5.09. The number of aromatic nitrogens is 2. The van der Waals surface area contributed by atoms with Gasteiger partial charge in [0.1, 0.15) is 0 Å². The van der Waals surface area contributed by atoms with E-state index in [1.165, 1.54) is 0 Å². The summed E-state index contributed by atoms with van der Waals surface area (Å²) in [7, 11) is 0. The van der Waals surface area contributed by atoms with Gasteiger partial charge in [-0.2, -0.15) is 5.10 Å². The number of nitrogens with two attached hydrogens (primary N) is 1. The van der Waals surface area contributed by atoms with E-state index in [1.54, 1.807) is 0 Å². The van der Waals surface area contributed by atoms with Crippen molar-refractivity contribution in [3.63, 3.8) is 0 Å². The third-order valence-electron chi connectivity index (χ3n) is 3.79. The maximum Gasteiger partial charge on any atom is 0.283 e. The van der Waals surface area contributed by atoms with Gasteiger partial charge in [-0.25, -0.2) is 4.68 Å². The van der Waals surface area contributed by atoms with Crippen molar-refractivity contribution in [1.29, 1.82) is 0 Å². The number of para-hydroxylation sites is 1. The second-order valence-corrected chi connectivity index (χ2v) is 5.12. The Hall–Kier alpha value is -2.14. The molecule has 1 aliphatic rings. The van der Waals surface area contributed by atoms with Gasteiger partial charge in [-0.1, -0.05) is 18.2 Å². The van der Waals surface area contributed by atoms with Crippen LogP contribution in [0.2, 0.25) is 0 Å². The van der Waals surface area contributed by atoms with Gasteiger partial charge in [-0.15, -0.1) is 0 Å². The minimum absolute atomic E-state index is 0.0788. The lowest BCUT2D eigenvalue weighted by Gasteiger charge is -2.20. The molecular weight excluding hydrogens is 252 g/mol. The molecule has 0 radical (unpaired) electrons. The van der Waals surface area contributed by atoms with E-state index in [0.717, 1.165) is 35.7 Å². The summed E-state index contributed by atoms with van der Waals surface area (Å²) in [5.41, 5.74) is 4.01. The van der Waals surface area contributed by atoms with Gasteiger partial charge >= 0.3 is 0 Å². The molecule has 5 heteroatoms. The molecule has 1 saturated heterocycles. The lowest BCUT2D eigenvalue weighted by Crippen LogP contribution is -2.91. The first kappa shape index (κ1) is 12.9. The van der Waals surface area contributed by atoms with Crippen LogP contribution in [0, 0.1) is 13.8 Å². The van der Waals surface area contributed by atoms with Crippen molar-refractivity contribution in [2.45, 2.75) is 19.9 Å². The van der Waals surface area contributed by atoms with Gasteiger partial charge < -0.3 is 10.6 Å². The van der Waals surface area contributed by atoms with Crippen molar-refractivity contribution in [3.8, 4) is 5.69 Å². The highest BCUT2D eigenvalue weighted by atomic mass is 16.2. The zero-order chi connectivity index (χ0) is 14.1.